The average Bonchev–Trinajstić information content (AvgIpc) is 3.17. The number of hydrogen-bond donors (Lipinski definition) is 1. The van der Waals surface area contributed by atoms with E-state index in [4.69, 9.17) is 14.4 Å². The molecule has 1 saturated carbocycles. The highest BCUT2D eigenvalue weighted by atomic mass is 16.5. The summed E-state index contributed by atoms with van der Waals surface area (Å²) in [4.78, 5) is 15.3. The van der Waals surface area contributed by atoms with Crippen molar-refractivity contribution in [3.05, 3.63) is 35.7 Å². The number of carboxylic acids is 1. The molecule has 6 nitrogen and oxygen atoms in total. The lowest BCUT2D eigenvalue weighted by Gasteiger charge is -2.22. The Kier molecular flexibility index (Phi) is 3.47. The molecule has 1 heterocycles. The van der Waals surface area contributed by atoms with E-state index in [0.717, 1.165) is 25.7 Å². The van der Waals surface area contributed by atoms with Crippen LogP contribution in [-0.2, 0) is 10.3 Å². The summed E-state index contributed by atoms with van der Waals surface area (Å²) in [6.07, 6.45) is 3.96. The minimum Gasteiger partial charge on any atom is -0.478 e. The van der Waals surface area contributed by atoms with Gasteiger partial charge >= 0.3 is 5.97 Å². The second-order valence-corrected chi connectivity index (χ2v) is 5.21. The van der Waals surface area contributed by atoms with Crippen LogP contribution in [0.5, 0.6) is 0 Å². The third kappa shape index (κ3) is 2.42. The summed E-state index contributed by atoms with van der Waals surface area (Å²) in [7, 11) is 1.67. The van der Waals surface area contributed by atoms with Crippen molar-refractivity contribution >= 4 is 5.97 Å². The number of aromatic nitrogens is 2. The normalized spacial score (nSPS) is 17.0. The predicted molar refractivity (Wildman–Crippen MR) is 73.8 cm³/mol. The molecule has 0 aliphatic heterocycles. The maximum atomic E-state index is 10.8. The van der Waals surface area contributed by atoms with Crippen molar-refractivity contribution in [2.24, 2.45) is 0 Å². The molecule has 1 aliphatic carbocycles. The predicted octanol–water partition coefficient (Wildman–Crippen LogP) is 2.85. The minimum absolute atomic E-state index is 0.225. The SMILES string of the molecule is COC1(c2noc(-c3ccc(C(=O)O)cc3)n2)CCCC1. The standard InChI is InChI=1S/C15H16N2O4/c1-20-15(8-2-3-9-15)14-16-12(21-17-14)10-4-6-11(7-5-10)13(18)19/h4-7H,2-3,8-9H2,1H3,(H,18,19). The zero-order valence-corrected chi connectivity index (χ0v) is 11.7. The van der Waals surface area contributed by atoms with E-state index in [1.165, 1.54) is 12.1 Å². The largest absolute Gasteiger partial charge is 0.478 e. The van der Waals surface area contributed by atoms with Crippen molar-refractivity contribution < 1.29 is 19.2 Å². The van der Waals surface area contributed by atoms with Crippen LogP contribution in [0.2, 0.25) is 0 Å². The third-order valence-corrected chi connectivity index (χ3v) is 4.01. The van der Waals surface area contributed by atoms with Crippen LogP contribution < -0.4 is 0 Å². The summed E-state index contributed by atoms with van der Waals surface area (Å²) in [5, 5.41) is 12.9. The van der Waals surface area contributed by atoms with Crippen LogP contribution in [-0.4, -0.2) is 28.3 Å². The molecule has 1 aromatic heterocycles. The lowest BCUT2D eigenvalue weighted by atomic mass is 10.0. The van der Waals surface area contributed by atoms with Gasteiger partial charge in [-0.05, 0) is 49.9 Å². The van der Waals surface area contributed by atoms with Crippen LogP contribution in [0.3, 0.4) is 0 Å². The molecule has 0 atom stereocenters. The van der Waals surface area contributed by atoms with Crippen LogP contribution >= 0.6 is 0 Å². The lowest BCUT2D eigenvalue weighted by Crippen LogP contribution is -2.25. The molecule has 1 N–H and O–H groups in total. The number of ether oxygens (including phenoxy) is 1. The highest BCUT2D eigenvalue weighted by Gasteiger charge is 2.40. The van der Waals surface area contributed by atoms with Gasteiger partial charge in [-0.2, -0.15) is 4.98 Å². The highest BCUT2D eigenvalue weighted by Crippen LogP contribution is 2.40. The van der Waals surface area contributed by atoms with Gasteiger partial charge in [0, 0.05) is 12.7 Å². The fourth-order valence-electron chi connectivity index (χ4n) is 2.75. The molecular weight excluding hydrogens is 272 g/mol. The first kappa shape index (κ1) is 13.8. The Hall–Kier alpha value is -2.21. The number of methoxy groups -OCH3 is 1. The first-order valence-electron chi connectivity index (χ1n) is 6.88. The number of carboxylic acid groups (broad SMARTS) is 1. The number of aromatic carboxylic acids is 1. The van der Waals surface area contributed by atoms with Crippen LogP contribution in [0.1, 0.15) is 41.9 Å². The van der Waals surface area contributed by atoms with Crippen molar-refractivity contribution in [1.82, 2.24) is 10.1 Å². The van der Waals surface area contributed by atoms with Crippen LogP contribution in [0.25, 0.3) is 11.5 Å². The molecule has 0 saturated heterocycles. The molecule has 0 amide bonds. The van der Waals surface area contributed by atoms with Gasteiger partial charge in [0.25, 0.3) is 5.89 Å². The van der Waals surface area contributed by atoms with E-state index in [2.05, 4.69) is 10.1 Å². The molecule has 6 heteroatoms. The highest BCUT2D eigenvalue weighted by molar-refractivity contribution is 5.88. The second kappa shape index (κ2) is 5.29. The quantitative estimate of drug-likeness (QED) is 0.931. The number of rotatable bonds is 4. The fraction of sp³-hybridized carbons (Fsp3) is 0.400. The van der Waals surface area contributed by atoms with E-state index in [0.29, 0.717) is 17.3 Å². The Morgan fingerprint density at radius 2 is 1.95 bits per heavy atom. The van der Waals surface area contributed by atoms with Gasteiger partial charge < -0.3 is 14.4 Å². The van der Waals surface area contributed by atoms with Crippen LogP contribution in [0.4, 0.5) is 0 Å². The van der Waals surface area contributed by atoms with Crippen molar-refractivity contribution in [2.45, 2.75) is 31.3 Å². The summed E-state index contributed by atoms with van der Waals surface area (Å²) in [5.74, 6) is -0.0119. The van der Waals surface area contributed by atoms with E-state index in [1.807, 2.05) is 0 Å². The zero-order chi connectivity index (χ0) is 14.9. The molecule has 110 valence electrons. The van der Waals surface area contributed by atoms with Gasteiger partial charge in [0.05, 0.1) is 5.56 Å². The van der Waals surface area contributed by atoms with Gasteiger partial charge in [0.2, 0.25) is 5.82 Å². The van der Waals surface area contributed by atoms with Gasteiger partial charge in [-0.25, -0.2) is 4.79 Å². The topological polar surface area (TPSA) is 85.5 Å². The summed E-state index contributed by atoms with van der Waals surface area (Å²) in [5.41, 5.74) is 0.480. The first-order chi connectivity index (χ1) is 10.1. The van der Waals surface area contributed by atoms with Gasteiger partial charge in [0.1, 0.15) is 5.60 Å². The van der Waals surface area contributed by atoms with Crippen molar-refractivity contribution in [2.75, 3.05) is 7.11 Å². The van der Waals surface area contributed by atoms with Crippen molar-refractivity contribution in [1.29, 1.82) is 0 Å². The minimum atomic E-state index is -0.961. The Bertz CT molecular complexity index is 642. The second-order valence-electron chi connectivity index (χ2n) is 5.21. The Labute approximate surface area is 121 Å². The number of benzene rings is 1. The Morgan fingerprint density at radius 1 is 1.29 bits per heavy atom. The molecule has 0 bridgehead atoms. The van der Waals surface area contributed by atoms with Gasteiger partial charge in [-0.1, -0.05) is 5.16 Å². The fourth-order valence-corrected chi connectivity index (χ4v) is 2.75. The number of carbonyl (C=O) groups is 1. The molecule has 3 rings (SSSR count). The average molecular weight is 288 g/mol. The smallest absolute Gasteiger partial charge is 0.335 e. The maximum Gasteiger partial charge on any atom is 0.335 e. The number of nitrogens with zero attached hydrogens (tertiary/aromatic N) is 2. The monoisotopic (exact) mass is 288 g/mol. The summed E-state index contributed by atoms with van der Waals surface area (Å²) >= 11 is 0. The molecule has 0 unspecified atom stereocenters. The third-order valence-electron chi connectivity index (χ3n) is 4.01. The molecule has 0 radical (unpaired) electrons. The van der Waals surface area contributed by atoms with E-state index in [-0.39, 0.29) is 5.56 Å². The van der Waals surface area contributed by atoms with Crippen LogP contribution in [0, 0.1) is 0 Å². The van der Waals surface area contributed by atoms with Gasteiger partial charge in [-0.15, -0.1) is 0 Å². The molecule has 1 fully saturated rings. The first-order valence-corrected chi connectivity index (χ1v) is 6.88. The molecule has 1 aromatic carbocycles. The maximum absolute atomic E-state index is 10.8. The number of hydrogen-bond acceptors (Lipinski definition) is 5. The molecule has 0 spiro atoms. The summed E-state index contributed by atoms with van der Waals surface area (Å²) < 4.78 is 10.9. The Balaban J connectivity index is 1.89. The van der Waals surface area contributed by atoms with E-state index in [9.17, 15) is 4.79 Å². The zero-order valence-electron chi connectivity index (χ0n) is 11.7. The molecule has 1 aliphatic rings. The summed E-state index contributed by atoms with van der Waals surface area (Å²) in [6.45, 7) is 0. The molecular formula is C15H16N2O4. The molecule has 2 aromatic rings. The van der Waals surface area contributed by atoms with Gasteiger partial charge in [0.15, 0.2) is 0 Å². The van der Waals surface area contributed by atoms with Crippen molar-refractivity contribution in [3.8, 4) is 11.5 Å². The van der Waals surface area contributed by atoms with E-state index >= 15 is 0 Å². The summed E-state index contributed by atoms with van der Waals surface area (Å²) in [6, 6.07) is 6.36. The van der Waals surface area contributed by atoms with Crippen molar-refractivity contribution in [3.63, 3.8) is 0 Å². The van der Waals surface area contributed by atoms with E-state index in [1.54, 1.807) is 19.2 Å². The van der Waals surface area contributed by atoms with Gasteiger partial charge in [-0.3, -0.25) is 0 Å². The lowest BCUT2D eigenvalue weighted by molar-refractivity contribution is -0.0178. The molecule has 21 heavy (non-hydrogen) atoms. The van der Waals surface area contributed by atoms with E-state index < -0.39 is 11.6 Å². The Morgan fingerprint density at radius 3 is 2.52 bits per heavy atom. The van der Waals surface area contributed by atoms with Crippen LogP contribution in [0.15, 0.2) is 28.8 Å².